The third kappa shape index (κ3) is 4.97. The van der Waals surface area contributed by atoms with Gasteiger partial charge in [0.2, 0.25) is 11.4 Å². The fourth-order valence-corrected chi connectivity index (χ4v) is 3.22. The van der Waals surface area contributed by atoms with E-state index in [0.29, 0.717) is 6.54 Å². The Labute approximate surface area is 166 Å². The maximum atomic E-state index is 8.89. The minimum atomic E-state index is -1.08. The van der Waals surface area contributed by atoms with E-state index in [1.165, 1.54) is 22.5 Å². The lowest BCUT2D eigenvalue weighted by Crippen LogP contribution is -2.30. The lowest BCUT2D eigenvalue weighted by atomic mass is 9.82. The van der Waals surface area contributed by atoms with Crippen LogP contribution in [0.15, 0.2) is 53.6 Å². The Balaban J connectivity index is 0.000000640. The molecule has 1 aliphatic heterocycles. The summed E-state index contributed by atoms with van der Waals surface area (Å²) in [6.45, 7) is 6.13. The molecular weight excluding hydrogens is 354 g/mol. The standard InChI is InChI=1S/C20H23N3O.C2H4O2/c1-20(2)17-7-5-6-8-18(17)23(3)19(20)14-22-21-13-15-9-11-16(24-4)12-10-15;1-2(3)4/h5-12,14H,13H2,1-4H3;1H3,(H,3,4). The van der Waals surface area contributed by atoms with E-state index in [2.05, 4.69) is 60.3 Å². The molecule has 0 radical (unpaired) electrons. The van der Waals surface area contributed by atoms with Crippen LogP contribution in [0.2, 0.25) is 0 Å². The van der Waals surface area contributed by atoms with Crippen LogP contribution in [0.4, 0.5) is 5.69 Å². The van der Waals surface area contributed by atoms with Crippen LogP contribution in [0.3, 0.4) is 0 Å². The normalized spacial score (nSPS) is 14.3. The first-order valence-electron chi connectivity index (χ1n) is 9.04. The van der Waals surface area contributed by atoms with Gasteiger partial charge in [0.1, 0.15) is 19.0 Å². The van der Waals surface area contributed by atoms with Crippen molar-refractivity contribution in [1.82, 2.24) is 5.43 Å². The highest BCUT2D eigenvalue weighted by Gasteiger charge is 2.43. The zero-order valence-electron chi connectivity index (χ0n) is 17.0. The SMILES string of the molecule is CC(=O)[O-].COc1ccc(CNN=CC2=[N+](C)c3ccccc3C2(C)C)cc1. The molecule has 0 saturated heterocycles. The number of methoxy groups -OCH3 is 1. The molecule has 1 N–H and O–H groups in total. The smallest absolute Gasteiger partial charge is 0.212 e. The van der Waals surface area contributed by atoms with Gasteiger partial charge in [-0.1, -0.05) is 30.3 Å². The Morgan fingerprint density at radius 3 is 2.39 bits per heavy atom. The van der Waals surface area contributed by atoms with Crippen molar-refractivity contribution in [3.05, 3.63) is 59.7 Å². The van der Waals surface area contributed by atoms with Crippen molar-refractivity contribution in [3.8, 4) is 5.75 Å². The van der Waals surface area contributed by atoms with E-state index in [9.17, 15) is 0 Å². The molecule has 2 aromatic carbocycles. The number of para-hydroxylation sites is 1. The van der Waals surface area contributed by atoms with Gasteiger partial charge >= 0.3 is 0 Å². The number of carbonyl (C=O) groups excluding carboxylic acids is 1. The number of nitrogens with zero attached hydrogens (tertiary/aromatic N) is 2. The molecule has 3 rings (SSSR count). The number of fused-ring (bicyclic) bond motifs is 1. The summed E-state index contributed by atoms with van der Waals surface area (Å²) in [5.41, 5.74) is 8.03. The Kier molecular flexibility index (Phi) is 6.93. The topological polar surface area (TPSA) is 76.8 Å². The molecule has 2 aromatic rings. The first-order valence-corrected chi connectivity index (χ1v) is 9.04. The molecule has 0 aromatic heterocycles. The number of hydrazone groups is 1. The predicted octanol–water partition coefficient (Wildman–Crippen LogP) is 2.23. The van der Waals surface area contributed by atoms with Crippen molar-refractivity contribution in [2.75, 3.05) is 14.2 Å². The van der Waals surface area contributed by atoms with Crippen LogP contribution in [0.5, 0.6) is 5.75 Å². The molecule has 0 amide bonds. The summed E-state index contributed by atoms with van der Waals surface area (Å²) < 4.78 is 7.39. The Morgan fingerprint density at radius 2 is 1.82 bits per heavy atom. The summed E-state index contributed by atoms with van der Waals surface area (Å²) in [7, 11) is 3.77. The van der Waals surface area contributed by atoms with Gasteiger partial charge in [0.05, 0.1) is 19.1 Å². The van der Waals surface area contributed by atoms with Crippen LogP contribution in [0.25, 0.3) is 0 Å². The third-order valence-electron chi connectivity index (χ3n) is 4.66. The molecule has 28 heavy (non-hydrogen) atoms. The van der Waals surface area contributed by atoms with E-state index in [4.69, 9.17) is 14.6 Å². The molecule has 0 atom stereocenters. The molecule has 1 aliphatic rings. The highest BCUT2D eigenvalue weighted by Crippen LogP contribution is 2.37. The van der Waals surface area contributed by atoms with Crippen molar-refractivity contribution >= 4 is 23.6 Å². The molecule has 0 aliphatic carbocycles. The monoisotopic (exact) mass is 381 g/mol. The van der Waals surface area contributed by atoms with Gasteiger partial charge in [-0.05, 0) is 38.5 Å². The number of nitrogens with one attached hydrogen (secondary N) is 1. The first kappa shape index (κ1) is 21.2. The summed E-state index contributed by atoms with van der Waals surface area (Å²) in [6.07, 6.45) is 1.93. The van der Waals surface area contributed by atoms with E-state index in [-0.39, 0.29) is 5.41 Å². The Hall–Kier alpha value is -3.15. The summed E-state index contributed by atoms with van der Waals surface area (Å²) in [5, 5.41) is 13.3. The van der Waals surface area contributed by atoms with Crippen LogP contribution in [0.1, 0.15) is 31.9 Å². The van der Waals surface area contributed by atoms with E-state index in [1.54, 1.807) is 7.11 Å². The summed E-state index contributed by atoms with van der Waals surface area (Å²) in [5.74, 6) is -0.218. The van der Waals surface area contributed by atoms with Crippen LogP contribution < -0.4 is 15.3 Å². The van der Waals surface area contributed by atoms with Gasteiger partial charge < -0.3 is 20.1 Å². The third-order valence-corrected chi connectivity index (χ3v) is 4.66. The van der Waals surface area contributed by atoms with E-state index in [1.807, 2.05) is 30.5 Å². The van der Waals surface area contributed by atoms with Gasteiger partial charge in [-0.15, -0.1) is 0 Å². The molecule has 0 fully saturated rings. The Bertz CT molecular complexity index is 880. The number of hydrogen-bond acceptors (Lipinski definition) is 5. The lowest BCUT2D eigenvalue weighted by molar-refractivity contribution is -0.400. The second-order valence-electron chi connectivity index (χ2n) is 7.02. The van der Waals surface area contributed by atoms with Crippen molar-refractivity contribution < 1.29 is 19.2 Å². The maximum Gasteiger partial charge on any atom is 0.212 e. The van der Waals surface area contributed by atoms with Gasteiger partial charge in [-0.3, -0.25) is 0 Å². The van der Waals surface area contributed by atoms with Crippen LogP contribution >= 0.6 is 0 Å². The lowest BCUT2D eigenvalue weighted by Gasteiger charge is -2.14. The second kappa shape index (κ2) is 9.17. The largest absolute Gasteiger partial charge is 0.550 e. The number of aliphatic carboxylic acids is 1. The van der Waals surface area contributed by atoms with E-state index >= 15 is 0 Å². The van der Waals surface area contributed by atoms with Crippen molar-refractivity contribution in [3.63, 3.8) is 0 Å². The molecular formula is C22H27N3O3. The zero-order chi connectivity index (χ0) is 20.7. The van der Waals surface area contributed by atoms with Crippen LogP contribution in [-0.4, -0.2) is 36.6 Å². The fraction of sp³-hybridized carbons (Fsp3) is 0.318. The average Bonchev–Trinajstić information content (AvgIpc) is 2.86. The summed E-state index contributed by atoms with van der Waals surface area (Å²) >= 11 is 0. The molecule has 0 bridgehead atoms. The molecule has 0 spiro atoms. The van der Waals surface area contributed by atoms with Gasteiger partial charge in [-0.2, -0.15) is 9.68 Å². The zero-order valence-corrected chi connectivity index (χ0v) is 17.0. The average molecular weight is 381 g/mol. The number of ether oxygens (including phenoxy) is 1. The highest BCUT2D eigenvalue weighted by atomic mass is 16.5. The van der Waals surface area contributed by atoms with Gasteiger partial charge in [-0.25, -0.2) is 0 Å². The second-order valence-corrected chi connectivity index (χ2v) is 7.02. The summed E-state index contributed by atoms with van der Waals surface area (Å²) in [6, 6.07) is 16.5. The number of carbonyl (C=O) groups is 1. The van der Waals surface area contributed by atoms with Gasteiger partial charge in [0, 0.05) is 17.6 Å². The highest BCUT2D eigenvalue weighted by molar-refractivity contribution is 6.33. The van der Waals surface area contributed by atoms with E-state index < -0.39 is 5.97 Å². The molecule has 0 saturated carbocycles. The van der Waals surface area contributed by atoms with Gasteiger partial charge in [0.15, 0.2) is 0 Å². The molecule has 6 nitrogen and oxygen atoms in total. The number of carboxylic acids is 1. The minimum absolute atomic E-state index is 0.0450. The maximum absolute atomic E-state index is 8.89. The number of carboxylic acid groups (broad SMARTS) is 1. The van der Waals surface area contributed by atoms with Crippen molar-refractivity contribution in [2.45, 2.75) is 32.7 Å². The summed E-state index contributed by atoms with van der Waals surface area (Å²) in [4.78, 5) is 8.89. The molecule has 1 heterocycles. The quantitative estimate of drug-likeness (QED) is 0.490. The van der Waals surface area contributed by atoms with Crippen LogP contribution in [0, 0.1) is 0 Å². The molecule has 6 heteroatoms. The number of hydrogen-bond donors (Lipinski definition) is 1. The first-order chi connectivity index (χ1) is 13.3. The predicted molar refractivity (Wildman–Crippen MR) is 109 cm³/mol. The van der Waals surface area contributed by atoms with Crippen molar-refractivity contribution in [2.24, 2.45) is 5.10 Å². The van der Waals surface area contributed by atoms with Crippen LogP contribution in [-0.2, 0) is 16.8 Å². The Morgan fingerprint density at radius 1 is 1.21 bits per heavy atom. The molecule has 148 valence electrons. The van der Waals surface area contributed by atoms with E-state index in [0.717, 1.165) is 12.7 Å². The fourth-order valence-electron chi connectivity index (χ4n) is 3.22. The minimum Gasteiger partial charge on any atom is -0.550 e. The van der Waals surface area contributed by atoms with Gasteiger partial charge in [0.25, 0.3) is 0 Å². The number of rotatable bonds is 5. The van der Waals surface area contributed by atoms with Crippen molar-refractivity contribution in [1.29, 1.82) is 0 Å². The molecule has 0 unspecified atom stereocenters. The number of benzene rings is 2.